The van der Waals surface area contributed by atoms with Crippen LogP contribution >= 0.6 is 11.6 Å². The van der Waals surface area contributed by atoms with Gasteiger partial charge in [-0.2, -0.15) is 5.26 Å². The second-order valence-electron chi connectivity index (χ2n) is 4.10. The van der Waals surface area contributed by atoms with E-state index in [1.54, 1.807) is 19.2 Å². The Morgan fingerprint density at radius 2 is 2.37 bits per heavy atom. The summed E-state index contributed by atoms with van der Waals surface area (Å²) in [6, 6.07) is 7.61. The lowest BCUT2D eigenvalue weighted by Gasteiger charge is -2.08. The first kappa shape index (κ1) is 13.4. The molecule has 5 heteroatoms. The Morgan fingerprint density at radius 3 is 3.05 bits per heavy atom. The molecule has 1 aromatic heterocycles. The summed E-state index contributed by atoms with van der Waals surface area (Å²) in [5, 5.41) is 10.6. The minimum atomic E-state index is -0.562. The molecule has 1 aromatic carbocycles. The van der Waals surface area contributed by atoms with Crippen molar-refractivity contribution in [3.05, 3.63) is 35.0 Å². The van der Waals surface area contributed by atoms with Crippen molar-refractivity contribution in [3.63, 3.8) is 0 Å². The number of ether oxygens (including phenoxy) is 1. The van der Waals surface area contributed by atoms with Gasteiger partial charge in [0, 0.05) is 17.1 Å². The van der Waals surface area contributed by atoms with Gasteiger partial charge in [-0.05, 0) is 24.6 Å². The monoisotopic (exact) mass is 276 g/mol. The Morgan fingerprint density at radius 1 is 1.58 bits per heavy atom. The summed E-state index contributed by atoms with van der Waals surface area (Å²) in [7, 11) is 0. The third-order valence-corrected chi connectivity index (χ3v) is 3.21. The number of H-pyrrole nitrogens is 1. The van der Waals surface area contributed by atoms with Crippen molar-refractivity contribution in [2.45, 2.75) is 19.3 Å². The molecule has 0 radical (unpaired) electrons. The number of nitriles is 1. The molecule has 1 atom stereocenters. The fourth-order valence-electron chi connectivity index (χ4n) is 2.05. The summed E-state index contributed by atoms with van der Waals surface area (Å²) < 4.78 is 4.88. The van der Waals surface area contributed by atoms with E-state index in [2.05, 4.69) is 11.1 Å². The van der Waals surface area contributed by atoms with E-state index in [9.17, 15) is 10.1 Å². The van der Waals surface area contributed by atoms with Gasteiger partial charge in [0.1, 0.15) is 0 Å². The fourth-order valence-corrected chi connectivity index (χ4v) is 2.34. The number of rotatable bonds is 4. The van der Waals surface area contributed by atoms with Crippen LogP contribution in [0.25, 0.3) is 10.9 Å². The summed E-state index contributed by atoms with van der Waals surface area (Å²) in [5.74, 6) is -0.942. The summed E-state index contributed by atoms with van der Waals surface area (Å²) in [6.45, 7) is 2.05. The highest BCUT2D eigenvalue weighted by Crippen LogP contribution is 2.32. The fraction of sp³-hybridized carbons (Fsp3) is 0.286. The van der Waals surface area contributed by atoms with Gasteiger partial charge in [0.2, 0.25) is 0 Å². The Labute approximate surface area is 115 Å². The number of hydrogen-bond acceptors (Lipinski definition) is 3. The summed E-state index contributed by atoms with van der Waals surface area (Å²) in [5.41, 5.74) is 1.59. The van der Waals surface area contributed by atoms with Crippen LogP contribution in [0.2, 0.25) is 5.02 Å². The van der Waals surface area contributed by atoms with Crippen molar-refractivity contribution < 1.29 is 9.53 Å². The lowest BCUT2D eigenvalue weighted by atomic mass is 9.97. The number of hydrogen-bond donors (Lipinski definition) is 1. The number of nitrogens with zero attached hydrogens (tertiary/aromatic N) is 1. The van der Waals surface area contributed by atoms with E-state index in [1.165, 1.54) is 0 Å². The van der Waals surface area contributed by atoms with Gasteiger partial charge in [-0.15, -0.1) is 0 Å². The first-order chi connectivity index (χ1) is 9.17. The van der Waals surface area contributed by atoms with Crippen LogP contribution in [0.5, 0.6) is 0 Å². The van der Waals surface area contributed by atoms with Gasteiger partial charge in [-0.1, -0.05) is 17.7 Å². The molecular formula is C14H13ClN2O2. The third kappa shape index (κ3) is 2.72. The quantitative estimate of drug-likeness (QED) is 0.871. The van der Waals surface area contributed by atoms with Crippen LogP contribution in [-0.4, -0.2) is 17.6 Å². The average molecular weight is 277 g/mol. The molecule has 0 bridgehead atoms. The van der Waals surface area contributed by atoms with E-state index in [1.807, 2.05) is 12.1 Å². The highest BCUT2D eigenvalue weighted by molar-refractivity contribution is 6.35. The molecule has 98 valence electrons. The maximum atomic E-state index is 11.5. The van der Waals surface area contributed by atoms with Gasteiger partial charge in [0.05, 0.1) is 30.0 Å². The molecule has 1 N–H and O–H groups in total. The second kappa shape index (κ2) is 5.77. The molecular weight excluding hydrogens is 264 g/mol. The number of carbonyl (C=O) groups excluding carboxylic acids is 1. The standard InChI is InChI=1S/C14H13ClN2O2/c1-2-19-13(18)6-9(7-16)10-8-17-12-5-3-4-11(15)14(10)12/h3-5,8-9,17H,2,6H2,1H3. The number of aromatic amines is 1. The smallest absolute Gasteiger partial charge is 0.307 e. The normalized spacial score (nSPS) is 12.1. The molecule has 0 fully saturated rings. The first-order valence-electron chi connectivity index (χ1n) is 5.98. The van der Waals surface area contributed by atoms with Crippen LogP contribution < -0.4 is 0 Å². The highest BCUT2D eigenvalue weighted by Gasteiger charge is 2.20. The number of esters is 1. The summed E-state index contributed by atoms with van der Waals surface area (Å²) >= 11 is 6.16. The number of fused-ring (bicyclic) bond motifs is 1. The number of halogens is 1. The molecule has 0 spiro atoms. The maximum absolute atomic E-state index is 11.5. The average Bonchev–Trinajstić information content (AvgIpc) is 2.81. The first-order valence-corrected chi connectivity index (χ1v) is 6.36. The van der Waals surface area contributed by atoms with E-state index in [-0.39, 0.29) is 12.4 Å². The van der Waals surface area contributed by atoms with Gasteiger partial charge >= 0.3 is 5.97 Å². The Balaban J connectivity index is 2.37. The molecule has 0 saturated heterocycles. The highest BCUT2D eigenvalue weighted by atomic mass is 35.5. The summed E-state index contributed by atoms with van der Waals surface area (Å²) in [4.78, 5) is 14.6. The zero-order valence-electron chi connectivity index (χ0n) is 10.4. The molecule has 0 aliphatic heterocycles. The van der Waals surface area contributed by atoms with E-state index >= 15 is 0 Å². The van der Waals surface area contributed by atoms with Crippen LogP contribution in [0, 0.1) is 11.3 Å². The zero-order chi connectivity index (χ0) is 13.8. The molecule has 0 amide bonds. The largest absolute Gasteiger partial charge is 0.466 e. The molecule has 1 heterocycles. The molecule has 0 aliphatic rings. The van der Waals surface area contributed by atoms with E-state index < -0.39 is 5.92 Å². The molecule has 1 unspecified atom stereocenters. The van der Waals surface area contributed by atoms with Gasteiger partial charge in [-0.3, -0.25) is 4.79 Å². The number of benzene rings is 1. The topological polar surface area (TPSA) is 65.9 Å². The predicted molar refractivity (Wildman–Crippen MR) is 72.9 cm³/mol. The lowest BCUT2D eigenvalue weighted by Crippen LogP contribution is -2.09. The molecule has 19 heavy (non-hydrogen) atoms. The van der Waals surface area contributed by atoms with Crippen molar-refractivity contribution in [1.82, 2.24) is 4.98 Å². The van der Waals surface area contributed by atoms with E-state index in [0.29, 0.717) is 11.6 Å². The second-order valence-corrected chi connectivity index (χ2v) is 4.50. The molecule has 0 aliphatic carbocycles. The minimum Gasteiger partial charge on any atom is -0.466 e. The van der Waals surface area contributed by atoms with Gasteiger partial charge in [0.15, 0.2) is 0 Å². The third-order valence-electron chi connectivity index (χ3n) is 2.89. The lowest BCUT2D eigenvalue weighted by molar-refractivity contribution is -0.143. The van der Waals surface area contributed by atoms with E-state index in [4.69, 9.17) is 16.3 Å². The van der Waals surface area contributed by atoms with Gasteiger partial charge in [0.25, 0.3) is 0 Å². The van der Waals surface area contributed by atoms with Crippen molar-refractivity contribution >= 4 is 28.5 Å². The zero-order valence-corrected chi connectivity index (χ0v) is 11.2. The Hall–Kier alpha value is -1.99. The molecule has 2 aromatic rings. The minimum absolute atomic E-state index is 0.0303. The number of aromatic nitrogens is 1. The van der Waals surface area contributed by atoms with Crippen molar-refractivity contribution in [2.24, 2.45) is 0 Å². The van der Waals surface area contributed by atoms with Gasteiger partial charge in [-0.25, -0.2) is 0 Å². The molecule has 0 saturated carbocycles. The van der Waals surface area contributed by atoms with Crippen LogP contribution in [0.3, 0.4) is 0 Å². The Bertz CT molecular complexity index is 642. The van der Waals surface area contributed by atoms with Crippen molar-refractivity contribution in [3.8, 4) is 6.07 Å². The van der Waals surface area contributed by atoms with Crippen LogP contribution in [-0.2, 0) is 9.53 Å². The van der Waals surface area contributed by atoms with Crippen LogP contribution in [0.1, 0.15) is 24.8 Å². The van der Waals surface area contributed by atoms with Crippen LogP contribution in [0.4, 0.5) is 0 Å². The van der Waals surface area contributed by atoms with Crippen molar-refractivity contribution in [2.75, 3.05) is 6.61 Å². The van der Waals surface area contributed by atoms with Crippen molar-refractivity contribution in [1.29, 1.82) is 5.26 Å². The summed E-state index contributed by atoms with van der Waals surface area (Å²) in [6.07, 6.45) is 1.76. The van der Waals surface area contributed by atoms with Crippen LogP contribution in [0.15, 0.2) is 24.4 Å². The van der Waals surface area contributed by atoms with Gasteiger partial charge < -0.3 is 9.72 Å². The Kier molecular flexibility index (Phi) is 4.08. The number of carbonyl (C=O) groups is 1. The molecule has 4 nitrogen and oxygen atoms in total. The van der Waals surface area contributed by atoms with E-state index in [0.717, 1.165) is 16.5 Å². The maximum Gasteiger partial charge on any atom is 0.307 e. The SMILES string of the molecule is CCOC(=O)CC(C#N)c1c[nH]c2cccc(Cl)c12. The molecule has 2 rings (SSSR count). The number of nitrogens with one attached hydrogen (secondary N) is 1. The predicted octanol–water partition coefficient (Wildman–Crippen LogP) is 3.38.